The molecule has 0 spiro atoms. The van der Waals surface area contributed by atoms with Gasteiger partial charge < -0.3 is 14.9 Å². The minimum absolute atomic E-state index is 0.0822. The lowest BCUT2D eigenvalue weighted by Crippen LogP contribution is -2.07. The van der Waals surface area contributed by atoms with Crippen molar-refractivity contribution in [2.24, 2.45) is 0 Å². The second-order valence-corrected chi connectivity index (χ2v) is 5.56. The lowest BCUT2D eigenvalue weighted by Gasteiger charge is -2.10. The van der Waals surface area contributed by atoms with Crippen molar-refractivity contribution >= 4 is 5.97 Å². The molecule has 0 unspecified atom stereocenters. The molecule has 0 saturated heterocycles. The predicted octanol–water partition coefficient (Wildman–Crippen LogP) is 3.97. The van der Waals surface area contributed by atoms with Crippen molar-refractivity contribution in [3.63, 3.8) is 0 Å². The number of aromatic hydroxyl groups is 1. The van der Waals surface area contributed by atoms with Gasteiger partial charge in [-0.1, -0.05) is 0 Å². The number of phenols is 1. The predicted molar refractivity (Wildman–Crippen MR) is 89.2 cm³/mol. The Hall–Kier alpha value is -3.49. The Morgan fingerprint density at radius 3 is 2.30 bits per heavy atom. The van der Waals surface area contributed by atoms with Gasteiger partial charge in [0.25, 0.3) is 0 Å². The van der Waals surface area contributed by atoms with E-state index in [0.29, 0.717) is 11.3 Å². The van der Waals surface area contributed by atoms with E-state index in [1.807, 2.05) is 0 Å². The molecule has 27 heavy (non-hydrogen) atoms. The summed E-state index contributed by atoms with van der Waals surface area (Å²) in [7, 11) is 1.47. The first-order valence-electron chi connectivity index (χ1n) is 7.59. The number of ether oxygens (including phenoxy) is 1. The van der Waals surface area contributed by atoms with Gasteiger partial charge in [-0.3, -0.25) is 0 Å². The third-order valence-electron chi connectivity index (χ3n) is 3.84. The molecule has 9 heteroatoms. The van der Waals surface area contributed by atoms with Crippen LogP contribution in [0.2, 0.25) is 0 Å². The van der Waals surface area contributed by atoms with E-state index in [-0.39, 0.29) is 16.9 Å². The number of hydrogen-bond acceptors (Lipinski definition) is 4. The maximum Gasteiger partial charge on any atom is 0.435 e. The summed E-state index contributed by atoms with van der Waals surface area (Å²) in [4.78, 5) is 11.0. The standard InChI is InChI=1S/C18H13F3N2O4/c1-27-12-5-2-10(3-6-12)14-9-16(18(19,20)21)22-23(14)11-4-7-13(17(25)26)15(24)8-11/h2-9,24H,1H3,(H,25,26). The minimum atomic E-state index is -4.67. The molecule has 0 aliphatic carbocycles. The van der Waals surface area contributed by atoms with Crippen LogP contribution in [0, 0.1) is 0 Å². The van der Waals surface area contributed by atoms with Gasteiger partial charge in [-0.15, -0.1) is 0 Å². The number of hydrogen-bond donors (Lipinski definition) is 2. The molecule has 3 rings (SSSR count). The highest BCUT2D eigenvalue weighted by molar-refractivity contribution is 5.91. The van der Waals surface area contributed by atoms with Gasteiger partial charge in [0, 0.05) is 11.6 Å². The summed E-state index contributed by atoms with van der Waals surface area (Å²) >= 11 is 0. The number of carboxylic acid groups (broad SMARTS) is 1. The summed E-state index contributed by atoms with van der Waals surface area (Å²) in [6.07, 6.45) is -4.67. The van der Waals surface area contributed by atoms with Crippen LogP contribution in [0.5, 0.6) is 11.5 Å². The van der Waals surface area contributed by atoms with Gasteiger partial charge in [0.1, 0.15) is 17.1 Å². The number of benzene rings is 2. The Morgan fingerprint density at radius 2 is 1.78 bits per heavy atom. The number of alkyl halides is 3. The maximum absolute atomic E-state index is 13.2. The van der Waals surface area contributed by atoms with E-state index in [2.05, 4.69) is 5.10 Å². The first-order valence-corrected chi connectivity index (χ1v) is 7.59. The zero-order valence-corrected chi connectivity index (χ0v) is 13.9. The number of methoxy groups -OCH3 is 1. The van der Waals surface area contributed by atoms with E-state index in [9.17, 15) is 23.1 Å². The zero-order chi connectivity index (χ0) is 19.8. The summed E-state index contributed by atoms with van der Waals surface area (Å²) in [6.45, 7) is 0. The van der Waals surface area contributed by atoms with Gasteiger partial charge in [-0.25, -0.2) is 9.48 Å². The molecule has 6 nitrogen and oxygen atoms in total. The molecule has 2 N–H and O–H groups in total. The van der Waals surface area contributed by atoms with Gasteiger partial charge in [-0.05, 0) is 42.5 Å². The first kappa shape index (κ1) is 18.3. The fourth-order valence-electron chi connectivity index (χ4n) is 2.52. The monoisotopic (exact) mass is 378 g/mol. The van der Waals surface area contributed by atoms with E-state index in [1.54, 1.807) is 24.3 Å². The van der Waals surface area contributed by atoms with Crippen LogP contribution in [0.4, 0.5) is 13.2 Å². The summed E-state index contributed by atoms with van der Waals surface area (Å²) in [5, 5.41) is 22.4. The zero-order valence-electron chi connectivity index (χ0n) is 13.9. The molecule has 0 radical (unpaired) electrons. The fourth-order valence-corrected chi connectivity index (χ4v) is 2.52. The van der Waals surface area contributed by atoms with Gasteiger partial charge in [0.15, 0.2) is 5.69 Å². The van der Waals surface area contributed by atoms with Gasteiger partial charge in [-0.2, -0.15) is 18.3 Å². The normalized spacial score (nSPS) is 11.4. The van der Waals surface area contributed by atoms with E-state index in [1.165, 1.54) is 13.2 Å². The molecule has 2 aromatic carbocycles. The molecule has 0 aliphatic heterocycles. The molecule has 140 valence electrons. The SMILES string of the molecule is COc1ccc(-c2cc(C(F)(F)F)nn2-c2ccc(C(=O)O)c(O)c2)cc1. The first-order chi connectivity index (χ1) is 12.7. The Labute approximate surface area is 151 Å². The second-order valence-electron chi connectivity index (χ2n) is 5.56. The van der Waals surface area contributed by atoms with Crippen LogP contribution < -0.4 is 4.74 Å². The third-order valence-corrected chi connectivity index (χ3v) is 3.84. The summed E-state index contributed by atoms with van der Waals surface area (Å²) < 4.78 is 45.5. The molecule has 0 atom stereocenters. The van der Waals surface area contributed by atoms with Crippen LogP contribution in [0.1, 0.15) is 16.1 Å². The maximum atomic E-state index is 13.2. The number of rotatable bonds is 4. The van der Waals surface area contributed by atoms with E-state index in [4.69, 9.17) is 9.84 Å². The van der Waals surface area contributed by atoms with Crippen LogP contribution >= 0.6 is 0 Å². The molecule has 0 bridgehead atoms. The van der Waals surface area contributed by atoms with Gasteiger partial charge >= 0.3 is 12.1 Å². The van der Waals surface area contributed by atoms with E-state index < -0.39 is 23.6 Å². The van der Waals surface area contributed by atoms with Crippen molar-refractivity contribution in [3.8, 4) is 28.4 Å². The Balaban J connectivity index is 2.17. The van der Waals surface area contributed by atoms with Crippen molar-refractivity contribution < 1.29 is 32.9 Å². The minimum Gasteiger partial charge on any atom is -0.507 e. The number of aromatic carboxylic acids is 1. The highest BCUT2D eigenvalue weighted by Gasteiger charge is 2.35. The molecule has 3 aromatic rings. The molecule has 1 heterocycles. The lowest BCUT2D eigenvalue weighted by atomic mass is 10.1. The molecule has 0 amide bonds. The number of aromatic nitrogens is 2. The van der Waals surface area contributed by atoms with E-state index in [0.717, 1.165) is 22.9 Å². The molecule has 0 aliphatic rings. The van der Waals surface area contributed by atoms with Crippen molar-refractivity contribution in [1.29, 1.82) is 0 Å². The van der Waals surface area contributed by atoms with Crippen LogP contribution in [0.3, 0.4) is 0 Å². The number of carboxylic acids is 1. The highest BCUT2D eigenvalue weighted by Crippen LogP contribution is 2.34. The summed E-state index contributed by atoms with van der Waals surface area (Å²) in [5.41, 5.74) is -0.852. The topological polar surface area (TPSA) is 84.6 Å². The van der Waals surface area contributed by atoms with Crippen molar-refractivity contribution in [2.45, 2.75) is 6.18 Å². The van der Waals surface area contributed by atoms with Crippen LogP contribution in [-0.2, 0) is 6.18 Å². The van der Waals surface area contributed by atoms with Crippen LogP contribution in [0.25, 0.3) is 16.9 Å². The summed E-state index contributed by atoms with van der Waals surface area (Å²) in [6, 6.07) is 10.6. The molecular weight excluding hydrogens is 365 g/mol. The van der Waals surface area contributed by atoms with Crippen LogP contribution in [0.15, 0.2) is 48.5 Å². The van der Waals surface area contributed by atoms with Crippen molar-refractivity contribution in [2.75, 3.05) is 7.11 Å². The number of halogens is 3. The summed E-state index contributed by atoms with van der Waals surface area (Å²) in [5.74, 6) is -1.40. The number of nitrogens with zero attached hydrogens (tertiary/aromatic N) is 2. The van der Waals surface area contributed by atoms with Gasteiger partial charge in [0.05, 0.1) is 18.5 Å². The van der Waals surface area contributed by atoms with Crippen LogP contribution in [-0.4, -0.2) is 33.1 Å². The van der Waals surface area contributed by atoms with Crippen molar-refractivity contribution in [1.82, 2.24) is 9.78 Å². The van der Waals surface area contributed by atoms with Crippen molar-refractivity contribution in [3.05, 3.63) is 59.8 Å². The van der Waals surface area contributed by atoms with Gasteiger partial charge in [0.2, 0.25) is 0 Å². The molecule has 0 fully saturated rings. The Bertz CT molecular complexity index is 995. The third kappa shape index (κ3) is 3.57. The molecule has 0 saturated carbocycles. The average molecular weight is 378 g/mol. The lowest BCUT2D eigenvalue weighted by molar-refractivity contribution is -0.141. The smallest absolute Gasteiger partial charge is 0.435 e. The molecular formula is C18H13F3N2O4. The van der Waals surface area contributed by atoms with E-state index >= 15 is 0 Å². The Kier molecular flexibility index (Phi) is 4.52. The Morgan fingerprint density at radius 1 is 1.11 bits per heavy atom. The quantitative estimate of drug-likeness (QED) is 0.718. The second kappa shape index (κ2) is 6.67. The molecule has 1 aromatic heterocycles. The fraction of sp³-hybridized carbons (Fsp3) is 0.111. The average Bonchev–Trinajstić information content (AvgIpc) is 3.07. The highest BCUT2D eigenvalue weighted by atomic mass is 19.4. The largest absolute Gasteiger partial charge is 0.507 e. The number of carbonyl (C=O) groups is 1.